The van der Waals surface area contributed by atoms with Gasteiger partial charge in [-0.05, 0) is 30.9 Å². The number of rotatable bonds is 4. The second-order valence-electron chi connectivity index (χ2n) is 5.56. The van der Waals surface area contributed by atoms with E-state index in [2.05, 4.69) is 16.6 Å². The number of aromatic nitrogens is 1. The summed E-state index contributed by atoms with van der Waals surface area (Å²) in [6.07, 6.45) is 4.60. The quantitative estimate of drug-likeness (QED) is 0.832. The second-order valence-corrected chi connectivity index (χ2v) is 7.63. The Kier molecular flexibility index (Phi) is 4.69. The van der Waals surface area contributed by atoms with E-state index in [9.17, 15) is 13.5 Å². The van der Waals surface area contributed by atoms with Gasteiger partial charge in [-0.2, -0.15) is 0 Å². The van der Waals surface area contributed by atoms with Crippen LogP contribution in [0.15, 0.2) is 23.2 Å². The number of pyridine rings is 1. The Morgan fingerprint density at radius 2 is 2.35 bits per heavy atom. The average molecular weight is 319 g/mol. The summed E-state index contributed by atoms with van der Waals surface area (Å²) >= 11 is 5.73. The third-order valence-electron chi connectivity index (χ3n) is 3.75. The van der Waals surface area contributed by atoms with Gasteiger partial charge in [-0.3, -0.25) is 0 Å². The minimum Gasteiger partial charge on any atom is -0.394 e. The van der Waals surface area contributed by atoms with Crippen molar-refractivity contribution in [2.45, 2.75) is 43.0 Å². The molecule has 112 valence electrons. The number of aliphatic hydroxyl groups is 1. The molecule has 2 N–H and O–H groups in total. The molecule has 1 aromatic rings. The van der Waals surface area contributed by atoms with Gasteiger partial charge in [0, 0.05) is 6.20 Å². The largest absolute Gasteiger partial charge is 0.394 e. The van der Waals surface area contributed by atoms with Gasteiger partial charge in [-0.1, -0.05) is 31.4 Å². The number of nitrogens with one attached hydrogen (secondary N) is 1. The predicted octanol–water partition coefficient (Wildman–Crippen LogP) is 1.95. The lowest BCUT2D eigenvalue weighted by molar-refractivity contribution is 0.120. The molecule has 0 amide bonds. The molecule has 0 saturated heterocycles. The lowest BCUT2D eigenvalue weighted by Crippen LogP contribution is -2.53. The summed E-state index contributed by atoms with van der Waals surface area (Å²) in [5.41, 5.74) is -0.772. The molecule has 1 aromatic heterocycles. The Morgan fingerprint density at radius 3 is 2.95 bits per heavy atom. The van der Waals surface area contributed by atoms with Crippen molar-refractivity contribution in [3.8, 4) is 0 Å². The van der Waals surface area contributed by atoms with Crippen molar-refractivity contribution in [1.82, 2.24) is 9.71 Å². The van der Waals surface area contributed by atoms with Gasteiger partial charge in [0.15, 0.2) is 0 Å². The first kappa shape index (κ1) is 15.7. The van der Waals surface area contributed by atoms with E-state index in [-0.39, 0.29) is 16.7 Å². The highest BCUT2D eigenvalue weighted by molar-refractivity contribution is 7.89. The van der Waals surface area contributed by atoms with E-state index >= 15 is 0 Å². The van der Waals surface area contributed by atoms with Gasteiger partial charge >= 0.3 is 0 Å². The first-order valence-electron chi connectivity index (χ1n) is 6.63. The SMILES string of the molecule is CC1CCCC(CO)(NS(=O)(=O)c2ccnc(Cl)c2)C1. The molecular weight excluding hydrogens is 300 g/mol. The highest BCUT2D eigenvalue weighted by atomic mass is 35.5. The van der Waals surface area contributed by atoms with Crippen LogP contribution in [-0.4, -0.2) is 30.7 Å². The van der Waals surface area contributed by atoms with Crippen LogP contribution in [0.5, 0.6) is 0 Å². The molecule has 2 atom stereocenters. The van der Waals surface area contributed by atoms with Gasteiger partial charge in [0.2, 0.25) is 10.0 Å². The van der Waals surface area contributed by atoms with Gasteiger partial charge < -0.3 is 5.11 Å². The highest BCUT2D eigenvalue weighted by Gasteiger charge is 2.38. The van der Waals surface area contributed by atoms with E-state index in [4.69, 9.17) is 11.6 Å². The maximum Gasteiger partial charge on any atom is 0.241 e. The van der Waals surface area contributed by atoms with E-state index in [0.29, 0.717) is 18.8 Å². The molecule has 5 nitrogen and oxygen atoms in total. The van der Waals surface area contributed by atoms with Crippen LogP contribution in [0, 0.1) is 5.92 Å². The molecule has 20 heavy (non-hydrogen) atoms. The van der Waals surface area contributed by atoms with E-state index in [0.717, 1.165) is 12.8 Å². The summed E-state index contributed by atoms with van der Waals surface area (Å²) in [4.78, 5) is 3.85. The molecule has 0 spiro atoms. The van der Waals surface area contributed by atoms with Crippen molar-refractivity contribution >= 4 is 21.6 Å². The maximum atomic E-state index is 12.4. The predicted molar refractivity (Wildman–Crippen MR) is 77.0 cm³/mol. The van der Waals surface area contributed by atoms with Gasteiger partial charge in [-0.25, -0.2) is 18.1 Å². The Bertz CT molecular complexity index is 579. The number of hydrogen-bond acceptors (Lipinski definition) is 4. The molecule has 1 aliphatic rings. The Morgan fingerprint density at radius 1 is 1.60 bits per heavy atom. The Labute approximate surface area is 124 Å². The van der Waals surface area contributed by atoms with E-state index in [1.54, 1.807) is 0 Å². The third-order valence-corrected chi connectivity index (χ3v) is 5.54. The van der Waals surface area contributed by atoms with Crippen molar-refractivity contribution < 1.29 is 13.5 Å². The first-order chi connectivity index (χ1) is 9.37. The van der Waals surface area contributed by atoms with Crippen molar-refractivity contribution in [1.29, 1.82) is 0 Å². The lowest BCUT2D eigenvalue weighted by atomic mass is 9.78. The zero-order valence-electron chi connectivity index (χ0n) is 11.3. The fraction of sp³-hybridized carbons (Fsp3) is 0.615. The third kappa shape index (κ3) is 3.49. The first-order valence-corrected chi connectivity index (χ1v) is 8.49. The fourth-order valence-electron chi connectivity index (χ4n) is 2.82. The highest BCUT2D eigenvalue weighted by Crippen LogP contribution is 2.33. The summed E-state index contributed by atoms with van der Waals surface area (Å²) in [6, 6.07) is 2.70. The molecule has 0 aromatic carbocycles. The number of aliphatic hydroxyl groups excluding tert-OH is 1. The fourth-order valence-corrected chi connectivity index (χ4v) is 4.51. The molecule has 1 aliphatic carbocycles. The summed E-state index contributed by atoms with van der Waals surface area (Å²) in [6.45, 7) is 1.87. The van der Waals surface area contributed by atoms with Gasteiger partial charge in [0.25, 0.3) is 0 Å². The molecular formula is C13H19ClN2O3S. The van der Waals surface area contributed by atoms with E-state index < -0.39 is 15.6 Å². The monoisotopic (exact) mass is 318 g/mol. The smallest absolute Gasteiger partial charge is 0.241 e. The molecule has 1 fully saturated rings. The van der Waals surface area contributed by atoms with E-state index in [1.165, 1.54) is 18.3 Å². The lowest BCUT2D eigenvalue weighted by Gasteiger charge is -2.38. The molecule has 2 rings (SSSR count). The molecule has 0 bridgehead atoms. The van der Waals surface area contributed by atoms with Crippen molar-refractivity contribution in [3.63, 3.8) is 0 Å². The van der Waals surface area contributed by atoms with Crippen LogP contribution >= 0.6 is 11.6 Å². The second kappa shape index (κ2) is 5.97. The molecule has 0 aliphatic heterocycles. The van der Waals surface area contributed by atoms with Crippen LogP contribution in [0.25, 0.3) is 0 Å². The van der Waals surface area contributed by atoms with Crippen LogP contribution in [0.4, 0.5) is 0 Å². The van der Waals surface area contributed by atoms with Crippen LogP contribution in [0.2, 0.25) is 5.15 Å². The van der Waals surface area contributed by atoms with Crippen molar-refractivity contribution in [2.24, 2.45) is 5.92 Å². The van der Waals surface area contributed by atoms with Gasteiger partial charge in [0.1, 0.15) is 5.15 Å². The van der Waals surface area contributed by atoms with E-state index in [1.807, 2.05) is 0 Å². The summed E-state index contributed by atoms with van der Waals surface area (Å²) in [7, 11) is -3.71. The maximum absolute atomic E-state index is 12.4. The molecule has 0 radical (unpaired) electrons. The Balaban J connectivity index is 2.26. The van der Waals surface area contributed by atoms with Gasteiger partial charge in [0.05, 0.1) is 17.0 Å². The topological polar surface area (TPSA) is 79.3 Å². The molecule has 1 saturated carbocycles. The average Bonchev–Trinajstić information content (AvgIpc) is 2.38. The standard InChI is InChI=1S/C13H19ClN2O3S/c1-10-3-2-5-13(8-10,9-17)16-20(18,19)11-4-6-15-12(14)7-11/h4,6-7,10,16-17H,2-3,5,8-9H2,1H3. The van der Waals surface area contributed by atoms with Crippen molar-refractivity contribution in [3.05, 3.63) is 23.5 Å². The van der Waals surface area contributed by atoms with Crippen molar-refractivity contribution in [2.75, 3.05) is 6.61 Å². The number of halogens is 1. The molecule has 2 unspecified atom stereocenters. The minimum atomic E-state index is -3.71. The van der Waals surface area contributed by atoms with Crippen LogP contribution in [-0.2, 0) is 10.0 Å². The zero-order valence-corrected chi connectivity index (χ0v) is 12.9. The summed E-state index contributed by atoms with van der Waals surface area (Å²) in [5, 5.41) is 9.79. The van der Waals surface area contributed by atoms with Gasteiger partial charge in [-0.15, -0.1) is 0 Å². The normalized spacial score (nSPS) is 27.4. The molecule has 1 heterocycles. The summed E-state index contributed by atoms with van der Waals surface area (Å²) in [5.74, 6) is 0.389. The summed E-state index contributed by atoms with van der Waals surface area (Å²) < 4.78 is 27.5. The van der Waals surface area contributed by atoms with Crippen LogP contribution in [0.1, 0.15) is 32.6 Å². The number of nitrogens with zero attached hydrogens (tertiary/aromatic N) is 1. The number of hydrogen-bond donors (Lipinski definition) is 2. The Hall–Kier alpha value is -0.690. The van der Waals surface area contributed by atoms with Crippen LogP contribution in [0.3, 0.4) is 0 Å². The zero-order chi connectivity index (χ0) is 14.8. The molecule has 7 heteroatoms. The van der Waals surface area contributed by atoms with Crippen LogP contribution < -0.4 is 4.72 Å². The number of sulfonamides is 1. The minimum absolute atomic E-state index is 0.0727.